The van der Waals surface area contributed by atoms with Crippen LogP contribution in [0.2, 0.25) is 0 Å². The fourth-order valence-electron chi connectivity index (χ4n) is 3.21. The number of halogens is 3. The zero-order valence-corrected chi connectivity index (χ0v) is 13.9. The first-order valence-electron chi connectivity index (χ1n) is 7.65. The van der Waals surface area contributed by atoms with Gasteiger partial charge in [-0.25, -0.2) is 0 Å². The van der Waals surface area contributed by atoms with E-state index in [9.17, 15) is 18.0 Å². The molecule has 0 radical (unpaired) electrons. The maximum atomic E-state index is 13.3. The van der Waals surface area contributed by atoms with Gasteiger partial charge >= 0.3 is 6.18 Å². The molecule has 1 saturated heterocycles. The summed E-state index contributed by atoms with van der Waals surface area (Å²) >= 11 is 1.51. The lowest BCUT2D eigenvalue weighted by atomic mass is 9.82. The molecule has 1 aromatic carbocycles. The Morgan fingerprint density at radius 2 is 2.04 bits per heavy atom. The van der Waals surface area contributed by atoms with Crippen LogP contribution in [0.15, 0.2) is 29.8 Å². The Balaban J connectivity index is 2.24. The minimum absolute atomic E-state index is 0.0262. The van der Waals surface area contributed by atoms with Gasteiger partial charge in [-0.3, -0.25) is 4.79 Å². The second-order valence-corrected chi connectivity index (χ2v) is 6.94. The van der Waals surface area contributed by atoms with Gasteiger partial charge in [-0.2, -0.15) is 24.9 Å². The molecular formula is C17H17F3O3S. The van der Waals surface area contributed by atoms with Gasteiger partial charge in [0.15, 0.2) is 5.60 Å². The zero-order chi connectivity index (χ0) is 17.4. The number of ketones is 1. The number of methoxy groups -OCH3 is 1. The van der Waals surface area contributed by atoms with Crippen LogP contribution >= 0.6 is 11.8 Å². The van der Waals surface area contributed by atoms with Crippen molar-refractivity contribution in [1.82, 2.24) is 0 Å². The Bertz CT molecular complexity index is 674. The molecule has 1 unspecified atom stereocenters. The molecule has 24 heavy (non-hydrogen) atoms. The lowest BCUT2D eigenvalue weighted by Crippen LogP contribution is -2.49. The SMILES string of the molecule is COC1=C(C(=O)C(F)(F)F)C2(CCCCSC2)Oc2ccccc21. The van der Waals surface area contributed by atoms with Crippen LogP contribution in [0.4, 0.5) is 13.2 Å². The van der Waals surface area contributed by atoms with E-state index in [1.165, 1.54) is 18.9 Å². The number of thioether (sulfide) groups is 1. The number of benzene rings is 1. The van der Waals surface area contributed by atoms with Gasteiger partial charge in [0.25, 0.3) is 5.78 Å². The predicted octanol–water partition coefficient (Wildman–Crippen LogP) is 4.22. The number of alkyl halides is 3. The monoisotopic (exact) mass is 358 g/mol. The molecule has 1 spiro atoms. The van der Waals surface area contributed by atoms with E-state index in [1.807, 2.05) is 0 Å². The molecule has 0 aliphatic carbocycles. The molecule has 130 valence electrons. The molecule has 1 atom stereocenters. The molecule has 1 aromatic rings. The number of carbonyl (C=O) groups is 1. The third kappa shape index (κ3) is 2.90. The van der Waals surface area contributed by atoms with E-state index in [-0.39, 0.29) is 5.76 Å². The molecule has 0 aromatic heterocycles. The predicted molar refractivity (Wildman–Crippen MR) is 86.0 cm³/mol. The fourth-order valence-corrected chi connectivity index (χ4v) is 4.44. The van der Waals surface area contributed by atoms with Gasteiger partial charge in [-0.1, -0.05) is 12.1 Å². The molecule has 7 heteroatoms. The normalized spacial score (nSPS) is 24.2. The number of ether oxygens (including phenoxy) is 2. The first kappa shape index (κ1) is 17.2. The molecule has 3 nitrogen and oxygen atoms in total. The molecule has 3 rings (SSSR count). The number of carbonyl (C=O) groups excluding carboxylic acids is 1. The first-order chi connectivity index (χ1) is 11.4. The van der Waals surface area contributed by atoms with Crippen LogP contribution in [0.5, 0.6) is 5.75 Å². The summed E-state index contributed by atoms with van der Waals surface area (Å²) in [6.07, 6.45) is -3.04. The molecule has 2 aliphatic heterocycles. The fraction of sp³-hybridized carbons (Fsp3) is 0.471. The van der Waals surface area contributed by atoms with Crippen LogP contribution in [0.1, 0.15) is 24.8 Å². The molecule has 2 aliphatic rings. The lowest BCUT2D eigenvalue weighted by Gasteiger charge is -2.40. The second kappa shape index (κ2) is 6.35. The van der Waals surface area contributed by atoms with Crippen molar-refractivity contribution in [2.24, 2.45) is 0 Å². The molecular weight excluding hydrogens is 341 g/mol. The number of rotatable bonds is 2. The second-order valence-electron chi connectivity index (χ2n) is 5.84. The summed E-state index contributed by atoms with van der Waals surface area (Å²) in [6.45, 7) is 0. The van der Waals surface area contributed by atoms with Crippen molar-refractivity contribution in [3.63, 3.8) is 0 Å². The Morgan fingerprint density at radius 1 is 1.29 bits per heavy atom. The van der Waals surface area contributed by atoms with Gasteiger partial charge in [0.05, 0.1) is 18.2 Å². The number of hydrogen-bond donors (Lipinski definition) is 0. The van der Waals surface area contributed by atoms with Crippen molar-refractivity contribution in [2.75, 3.05) is 18.6 Å². The van der Waals surface area contributed by atoms with Crippen LogP contribution in [-0.4, -0.2) is 36.2 Å². The van der Waals surface area contributed by atoms with Crippen molar-refractivity contribution in [3.05, 3.63) is 35.4 Å². The summed E-state index contributed by atoms with van der Waals surface area (Å²) < 4.78 is 51.1. The average Bonchev–Trinajstić information content (AvgIpc) is 2.78. The smallest absolute Gasteiger partial charge is 0.454 e. The van der Waals surface area contributed by atoms with Gasteiger partial charge in [-0.05, 0) is 37.1 Å². The largest absolute Gasteiger partial charge is 0.495 e. The molecule has 2 heterocycles. The Kier molecular flexibility index (Phi) is 4.55. The van der Waals surface area contributed by atoms with Crippen molar-refractivity contribution in [2.45, 2.75) is 31.0 Å². The Labute approximate surface area is 142 Å². The van der Waals surface area contributed by atoms with Crippen LogP contribution in [0.25, 0.3) is 5.76 Å². The molecule has 0 bridgehead atoms. The highest BCUT2D eigenvalue weighted by molar-refractivity contribution is 7.99. The van der Waals surface area contributed by atoms with E-state index in [1.54, 1.807) is 24.3 Å². The van der Waals surface area contributed by atoms with Gasteiger partial charge < -0.3 is 9.47 Å². The van der Waals surface area contributed by atoms with E-state index in [0.717, 1.165) is 12.2 Å². The molecule has 0 N–H and O–H groups in total. The van der Waals surface area contributed by atoms with E-state index >= 15 is 0 Å². The quantitative estimate of drug-likeness (QED) is 0.793. The number of fused-ring (bicyclic) bond motifs is 1. The van der Waals surface area contributed by atoms with Crippen LogP contribution in [-0.2, 0) is 9.53 Å². The summed E-state index contributed by atoms with van der Waals surface area (Å²) in [4.78, 5) is 12.2. The minimum atomic E-state index is -4.97. The van der Waals surface area contributed by atoms with Crippen molar-refractivity contribution in [3.8, 4) is 5.75 Å². The van der Waals surface area contributed by atoms with E-state index in [4.69, 9.17) is 9.47 Å². The van der Waals surface area contributed by atoms with Gasteiger partial charge in [-0.15, -0.1) is 0 Å². The summed E-state index contributed by atoms with van der Waals surface area (Å²) in [6, 6.07) is 6.73. The Hall–Kier alpha value is -1.63. The molecule has 1 fully saturated rings. The third-order valence-electron chi connectivity index (χ3n) is 4.26. The number of para-hydroxylation sites is 1. The summed E-state index contributed by atoms with van der Waals surface area (Å²) in [5.74, 6) is -0.318. The minimum Gasteiger partial charge on any atom is -0.495 e. The Morgan fingerprint density at radius 3 is 2.75 bits per heavy atom. The first-order valence-corrected chi connectivity index (χ1v) is 8.81. The highest BCUT2D eigenvalue weighted by atomic mass is 32.2. The maximum Gasteiger partial charge on any atom is 0.454 e. The lowest BCUT2D eigenvalue weighted by molar-refractivity contribution is -0.168. The standard InChI is InChI=1S/C17H17F3O3S/c1-22-14-11-6-2-3-7-12(11)23-16(8-4-5-9-24-10-16)13(14)15(21)17(18,19)20/h2-3,6-7H,4-5,8-10H2,1H3. The summed E-state index contributed by atoms with van der Waals surface area (Å²) in [5, 5.41) is 0. The topological polar surface area (TPSA) is 35.5 Å². The summed E-state index contributed by atoms with van der Waals surface area (Å²) in [5.41, 5.74) is -1.31. The van der Waals surface area contributed by atoms with Crippen molar-refractivity contribution in [1.29, 1.82) is 0 Å². The van der Waals surface area contributed by atoms with E-state index in [2.05, 4.69) is 0 Å². The van der Waals surface area contributed by atoms with Crippen molar-refractivity contribution >= 4 is 23.3 Å². The van der Waals surface area contributed by atoms with Gasteiger partial charge in [0.1, 0.15) is 11.5 Å². The molecule has 0 saturated carbocycles. The van der Waals surface area contributed by atoms with Gasteiger partial charge in [0.2, 0.25) is 0 Å². The van der Waals surface area contributed by atoms with Gasteiger partial charge in [0, 0.05) is 5.75 Å². The third-order valence-corrected chi connectivity index (χ3v) is 5.51. The van der Waals surface area contributed by atoms with E-state index < -0.39 is 23.1 Å². The van der Waals surface area contributed by atoms with Crippen molar-refractivity contribution < 1.29 is 27.4 Å². The number of hydrogen-bond acceptors (Lipinski definition) is 4. The average molecular weight is 358 g/mol. The maximum absolute atomic E-state index is 13.3. The number of Topliss-reactive ketones (excluding diaryl/α,β-unsaturated/α-hetero) is 1. The van der Waals surface area contributed by atoms with E-state index in [0.29, 0.717) is 29.9 Å². The highest BCUT2D eigenvalue weighted by Gasteiger charge is 2.54. The molecule has 0 amide bonds. The zero-order valence-electron chi connectivity index (χ0n) is 13.1. The van der Waals surface area contributed by atoms with Crippen LogP contribution in [0, 0.1) is 0 Å². The summed E-state index contributed by atoms with van der Waals surface area (Å²) in [7, 11) is 1.29. The van der Waals surface area contributed by atoms with Crippen LogP contribution < -0.4 is 4.74 Å². The highest BCUT2D eigenvalue weighted by Crippen LogP contribution is 2.47. The van der Waals surface area contributed by atoms with Crippen LogP contribution in [0.3, 0.4) is 0 Å².